The molecule has 0 aromatic heterocycles. The fourth-order valence-corrected chi connectivity index (χ4v) is 3.86. The summed E-state index contributed by atoms with van der Waals surface area (Å²) < 4.78 is 31.8. The molecule has 2 aromatic carbocycles. The van der Waals surface area contributed by atoms with E-state index in [-0.39, 0.29) is 29.6 Å². The number of sulfonamides is 1. The van der Waals surface area contributed by atoms with E-state index < -0.39 is 16.1 Å². The van der Waals surface area contributed by atoms with Crippen LogP contribution in [0, 0.1) is 0 Å². The molecule has 0 unspecified atom stereocenters. The summed E-state index contributed by atoms with van der Waals surface area (Å²) >= 11 is 0. The van der Waals surface area contributed by atoms with Gasteiger partial charge in [0.25, 0.3) is 0 Å². The zero-order chi connectivity index (χ0) is 21.7. The molecule has 0 aliphatic carbocycles. The van der Waals surface area contributed by atoms with Gasteiger partial charge in [0.15, 0.2) is 5.78 Å². The highest BCUT2D eigenvalue weighted by Gasteiger charge is 2.23. The maximum absolute atomic E-state index is 12.3. The molecular formula is C20H21N3O6S. The Hall–Kier alpha value is -3.24. The highest BCUT2D eigenvalue weighted by atomic mass is 32.2. The third-order valence-corrected chi connectivity index (χ3v) is 5.92. The number of benzene rings is 2. The lowest BCUT2D eigenvalue weighted by Gasteiger charge is -2.13. The number of nitrogens with one attached hydrogen (secondary N) is 2. The second kappa shape index (κ2) is 9.06. The van der Waals surface area contributed by atoms with Gasteiger partial charge in [0.1, 0.15) is 6.61 Å². The Morgan fingerprint density at radius 2 is 1.73 bits per heavy atom. The number of nitrogens with zero attached hydrogens (tertiary/aromatic N) is 1. The summed E-state index contributed by atoms with van der Waals surface area (Å²) in [5.74, 6) is -0.519. The van der Waals surface area contributed by atoms with E-state index in [9.17, 15) is 22.8 Å². The number of ether oxygens (including phenoxy) is 1. The van der Waals surface area contributed by atoms with E-state index in [1.807, 2.05) is 0 Å². The van der Waals surface area contributed by atoms with Crippen LogP contribution in [0.1, 0.15) is 23.7 Å². The van der Waals surface area contributed by atoms with E-state index in [4.69, 9.17) is 4.74 Å². The number of cyclic esters (lactones) is 1. The Morgan fingerprint density at radius 3 is 2.30 bits per heavy atom. The van der Waals surface area contributed by atoms with Crippen molar-refractivity contribution in [1.82, 2.24) is 4.72 Å². The molecule has 3 rings (SSSR count). The number of carbonyl (C=O) groups is 3. The molecule has 2 N–H and O–H groups in total. The molecule has 10 heteroatoms. The predicted molar refractivity (Wildman–Crippen MR) is 110 cm³/mol. The van der Waals surface area contributed by atoms with Gasteiger partial charge in [-0.15, -0.1) is 0 Å². The molecule has 1 aliphatic heterocycles. The topological polar surface area (TPSA) is 122 Å². The van der Waals surface area contributed by atoms with Gasteiger partial charge in [-0.1, -0.05) is 12.1 Å². The van der Waals surface area contributed by atoms with Crippen LogP contribution in [-0.4, -0.2) is 45.9 Å². The van der Waals surface area contributed by atoms with E-state index in [1.54, 1.807) is 24.3 Å². The van der Waals surface area contributed by atoms with Gasteiger partial charge >= 0.3 is 6.09 Å². The van der Waals surface area contributed by atoms with E-state index >= 15 is 0 Å². The number of hydrogen-bond donors (Lipinski definition) is 2. The second-order valence-corrected chi connectivity index (χ2v) is 8.36. The summed E-state index contributed by atoms with van der Waals surface area (Å²) in [6.45, 7) is 2.13. The van der Waals surface area contributed by atoms with Crippen molar-refractivity contribution in [3.05, 3.63) is 54.1 Å². The smallest absolute Gasteiger partial charge is 0.414 e. The molecule has 0 saturated carbocycles. The molecule has 1 fully saturated rings. The molecule has 0 bridgehead atoms. The van der Waals surface area contributed by atoms with Gasteiger partial charge in [0.2, 0.25) is 15.9 Å². The lowest BCUT2D eigenvalue weighted by molar-refractivity contribution is -0.116. The van der Waals surface area contributed by atoms with Crippen molar-refractivity contribution in [2.75, 3.05) is 29.9 Å². The van der Waals surface area contributed by atoms with Crippen LogP contribution in [0.2, 0.25) is 0 Å². The number of ketones is 1. The lowest BCUT2D eigenvalue weighted by Crippen LogP contribution is -2.28. The molecule has 1 aliphatic rings. The molecular weight excluding hydrogens is 410 g/mol. The number of Topliss-reactive ketones (excluding diaryl/α,β-unsaturated/α-hetero) is 1. The maximum Gasteiger partial charge on any atom is 0.414 e. The minimum Gasteiger partial charge on any atom is -0.447 e. The molecule has 0 atom stereocenters. The molecule has 158 valence electrons. The monoisotopic (exact) mass is 431 g/mol. The van der Waals surface area contributed by atoms with Crippen LogP contribution in [0.15, 0.2) is 53.4 Å². The Labute approximate surface area is 174 Å². The first-order chi connectivity index (χ1) is 14.3. The van der Waals surface area contributed by atoms with Crippen LogP contribution < -0.4 is 14.9 Å². The highest BCUT2D eigenvalue weighted by Crippen LogP contribution is 2.21. The first-order valence-corrected chi connectivity index (χ1v) is 10.7. The van der Waals surface area contributed by atoms with Crippen LogP contribution >= 0.6 is 0 Å². The van der Waals surface area contributed by atoms with Gasteiger partial charge in [-0.05, 0) is 43.3 Å². The predicted octanol–water partition coefficient (Wildman–Crippen LogP) is 2.15. The minimum absolute atomic E-state index is 0.0175. The minimum atomic E-state index is -3.78. The second-order valence-electron chi connectivity index (χ2n) is 6.59. The number of anilines is 2. The van der Waals surface area contributed by atoms with Crippen molar-refractivity contribution in [2.24, 2.45) is 0 Å². The Bertz CT molecular complexity index is 1050. The molecule has 30 heavy (non-hydrogen) atoms. The fourth-order valence-electron chi connectivity index (χ4n) is 2.83. The van der Waals surface area contributed by atoms with Crippen LogP contribution in [0.25, 0.3) is 0 Å². The molecule has 0 spiro atoms. The summed E-state index contributed by atoms with van der Waals surface area (Å²) in [6, 6.07) is 12.3. The molecule has 2 aromatic rings. The molecule has 2 amide bonds. The number of rotatable bonds is 8. The summed E-state index contributed by atoms with van der Waals surface area (Å²) in [5, 5.41) is 2.67. The third-order valence-electron chi connectivity index (χ3n) is 4.44. The number of hydrogen-bond acceptors (Lipinski definition) is 6. The third kappa shape index (κ3) is 5.22. The fraction of sp³-hybridized carbons (Fsp3) is 0.250. The van der Waals surface area contributed by atoms with Gasteiger partial charge < -0.3 is 10.1 Å². The van der Waals surface area contributed by atoms with E-state index in [0.29, 0.717) is 30.1 Å². The van der Waals surface area contributed by atoms with Crippen molar-refractivity contribution in [3.8, 4) is 0 Å². The van der Waals surface area contributed by atoms with Crippen molar-refractivity contribution in [1.29, 1.82) is 0 Å². The quantitative estimate of drug-likeness (QED) is 0.618. The Balaban J connectivity index is 1.49. The zero-order valence-corrected chi connectivity index (χ0v) is 17.1. The first kappa shape index (κ1) is 21.5. The lowest BCUT2D eigenvalue weighted by atomic mass is 10.2. The Kier molecular flexibility index (Phi) is 6.48. The zero-order valence-electron chi connectivity index (χ0n) is 16.3. The van der Waals surface area contributed by atoms with Gasteiger partial charge in [-0.25, -0.2) is 17.9 Å². The van der Waals surface area contributed by atoms with Crippen LogP contribution in [0.3, 0.4) is 0 Å². The maximum atomic E-state index is 12.3. The number of amides is 2. The summed E-state index contributed by atoms with van der Waals surface area (Å²) in [5.41, 5.74) is 1.61. The number of carbonyl (C=O) groups excluding carboxylic acids is 3. The van der Waals surface area contributed by atoms with E-state index in [1.165, 1.54) is 36.1 Å². The van der Waals surface area contributed by atoms with Crippen LogP contribution in [-0.2, 0) is 19.6 Å². The van der Waals surface area contributed by atoms with Crippen LogP contribution in [0.5, 0.6) is 0 Å². The summed E-state index contributed by atoms with van der Waals surface area (Å²) in [7, 11) is -3.78. The van der Waals surface area contributed by atoms with Crippen LogP contribution in [0.4, 0.5) is 16.2 Å². The highest BCUT2D eigenvalue weighted by molar-refractivity contribution is 7.89. The van der Waals surface area contributed by atoms with Crippen molar-refractivity contribution in [3.63, 3.8) is 0 Å². The average molecular weight is 431 g/mol. The largest absolute Gasteiger partial charge is 0.447 e. The van der Waals surface area contributed by atoms with E-state index in [0.717, 1.165) is 0 Å². The molecule has 1 heterocycles. The van der Waals surface area contributed by atoms with Crippen molar-refractivity contribution in [2.45, 2.75) is 18.2 Å². The SMILES string of the molecule is CC(=O)c1ccc(S(=O)(=O)NCCC(=O)Nc2ccc(N3CCOC3=O)cc2)cc1. The molecule has 9 nitrogen and oxygen atoms in total. The van der Waals surface area contributed by atoms with Crippen molar-refractivity contribution < 1.29 is 27.5 Å². The van der Waals surface area contributed by atoms with E-state index in [2.05, 4.69) is 10.0 Å². The van der Waals surface area contributed by atoms with Gasteiger partial charge in [-0.2, -0.15) is 0 Å². The normalized spacial score (nSPS) is 13.8. The first-order valence-electron chi connectivity index (χ1n) is 9.21. The Morgan fingerprint density at radius 1 is 1.07 bits per heavy atom. The summed E-state index contributed by atoms with van der Waals surface area (Å²) in [4.78, 5) is 36.4. The van der Waals surface area contributed by atoms with Crippen molar-refractivity contribution >= 4 is 39.2 Å². The van der Waals surface area contributed by atoms with Gasteiger partial charge in [-0.3, -0.25) is 14.5 Å². The van der Waals surface area contributed by atoms with Gasteiger partial charge in [0, 0.05) is 29.9 Å². The average Bonchev–Trinajstić information content (AvgIpc) is 3.14. The molecule has 1 saturated heterocycles. The molecule has 0 radical (unpaired) electrons. The standard InChI is InChI=1S/C20H21N3O6S/c1-14(24)15-2-8-18(9-3-15)30(27,28)21-11-10-19(25)22-16-4-6-17(7-5-16)23-12-13-29-20(23)26/h2-9,21H,10-13H2,1H3,(H,22,25). The summed E-state index contributed by atoms with van der Waals surface area (Å²) in [6.07, 6.45) is -0.472. The van der Waals surface area contributed by atoms with Gasteiger partial charge in [0.05, 0.1) is 11.4 Å².